The van der Waals surface area contributed by atoms with Gasteiger partial charge in [0.1, 0.15) is 0 Å². The summed E-state index contributed by atoms with van der Waals surface area (Å²) in [5.74, 6) is 0.561. The molecule has 2 nitrogen and oxygen atoms in total. The van der Waals surface area contributed by atoms with Crippen LogP contribution in [0.1, 0.15) is 49.4 Å². The van der Waals surface area contributed by atoms with Gasteiger partial charge in [0.25, 0.3) is 0 Å². The Hall–Kier alpha value is -1.38. The molecule has 1 unspecified atom stereocenters. The fourth-order valence-electron chi connectivity index (χ4n) is 2.46. The quantitative estimate of drug-likeness (QED) is 0.833. The molecule has 21 heavy (non-hydrogen) atoms. The van der Waals surface area contributed by atoms with Crippen LogP contribution in [0.5, 0.6) is 0 Å². The SMILES string of the molecule is CCNC(Cc1ccncc1Cl)c1ccc(C(C)C)cc1. The molecule has 0 saturated heterocycles. The molecule has 0 aliphatic carbocycles. The lowest BCUT2D eigenvalue weighted by atomic mass is 9.96. The van der Waals surface area contributed by atoms with Crippen molar-refractivity contribution in [2.24, 2.45) is 0 Å². The number of benzene rings is 1. The molecule has 0 spiro atoms. The summed E-state index contributed by atoms with van der Waals surface area (Å²) in [7, 11) is 0. The number of halogens is 1. The lowest BCUT2D eigenvalue weighted by Crippen LogP contribution is -2.23. The number of hydrogen-bond donors (Lipinski definition) is 1. The Morgan fingerprint density at radius 1 is 1.10 bits per heavy atom. The standard InChI is InChI=1S/C18H23ClN2/c1-4-21-18(11-16-9-10-20-12-17(16)19)15-7-5-14(6-8-15)13(2)3/h5-10,12-13,18,21H,4,11H2,1-3H3. The fourth-order valence-corrected chi connectivity index (χ4v) is 2.65. The monoisotopic (exact) mass is 302 g/mol. The highest BCUT2D eigenvalue weighted by Crippen LogP contribution is 2.24. The molecule has 0 amide bonds. The van der Waals surface area contributed by atoms with E-state index in [1.54, 1.807) is 12.4 Å². The normalized spacial score (nSPS) is 12.6. The second-order valence-electron chi connectivity index (χ2n) is 5.60. The van der Waals surface area contributed by atoms with Crippen molar-refractivity contribution in [2.75, 3.05) is 6.54 Å². The zero-order valence-electron chi connectivity index (χ0n) is 12.9. The average Bonchev–Trinajstić information content (AvgIpc) is 2.49. The molecule has 2 aromatic rings. The smallest absolute Gasteiger partial charge is 0.0622 e. The van der Waals surface area contributed by atoms with Crippen LogP contribution in [0.3, 0.4) is 0 Å². The number of aromatic nitrogens is 1. The van der Waals surface area contributed by atoms with E-state index >= 15 is 0 Å². The topological polar surface area (TPSA) is 24.9 Å². The van der Waals surface area contributed by atoms with E-state index in [1.807, 2.05) is 6.07 Å². The highest BCUT2D eigenvalue weighted by atomic mass is 35.5. The predicted molar refractivity (Wildman–Crippen MR) is 89.9 cm³/mol. The maximum absolute atomic E-state index is 6.23. The molecule has 1 atom stereocenters. The van der Waals surface area contributed by atoms with Crippen LogP contribution in [0.15, 0.2) is 42.7 Å². The maximum Gasteiger partial charge on any atom is 0.0622 e. The zero-order chi connectivity index (χ0) is 15.2. The van der Waals surface area contributed by atoms with Gasteiger partial charge in [0.2, 0.25) is 0 Å². The van der Waals surface area contributed by atoms with Gasteiger partial charge in [-0.3, -0.25) is 4.98 Å². The summed E-state index contributed by atoms with van der Waals surface area (Å²) in [5.41, 5.74) is 3.80. The predicted octanol–water partition coefficient (Wildman–Crippen LogP) is 4.75. The van der Waals surface area contributed by atoms with Gasteiger partial charge in [-0.2, -0.15) is 0 Å². The summed E-state index contributed by atoms with van der Waals surface area (Å²) < 4.78 is 0. The second-order valence-corrected chi connectivity index (χ2v) is 6.01. The third kappa shape index (κ3) is 4.29. The van der Waals surface area contributed by atoms with Crippen LogP contribution in [0, 0.1) is 0 Å². The lowest BCUT2D eigenvalue weighted by Gasteiger charge is -2.20. The first-order valence-corrected chi connectivity index (χ1v) is 7.91. The van der Waals surface area contributed by atoms with Crippen molar-refractivity contribution >= 4 is 11.6 Å². The minimum absolute atomic E-state index is 0.274. The van der Waals surface area contributed by atoms with Gasteiger partial charge in [-0.05, 0) is 41.6 Å². The van der Waals surface area contributed by atoms with Gasteiger partial charge in [-0.25, -0.2) is 0 Å². The number of rotatable bonds is 6. The van der Waals surface area contributed by atoms with Crippen molar-refractivity contribution in [2.45, 2.75) is 39.2 Å². The largest absolute Gasteiger partial charge is 0.310 e. The van der Waals surface area contributed by atoms with Crippen molar-refractivity contribution in [3.8, 4) is 0 Å². The summed E-state index contributed by atoms with van der Waals surface area (Å²) in [6.45, 7) is 7.49. The molecule has 0 aliphatic rings. The molecule has 1 N–H and O–H groups in total. The van der Waals surface area contributed by atoms with E-state index in [1.165, 1.54) is 11.1 Å². The lowest BCUT2D eigenvalue weighted by molar-refractivity contribution is 0.549. The first kappa shape index (κ1) is 16.0. The molecule has 0 saturated carbocycles. The average molecular weight is 303 g/mol. The van der Waals surface area contributed by atoms with E-state index in [9.17, 15) is 0 Å². The Kier molecular flexibility index (Phi) is 5.77. The van der Waals surface area contributed by atoms with Gasteiger partial charge in [0.15, 0.2) is 0 Å². The number of likely N-dealkylation sites (N-methyl/N-ethyl adjacent to an activating group) is 1. The summed E-state index contributed by atoms with van der Waals surface area (Å²) in [5, 5.41) is 4.28. The number of pyridine rings is 1. The summed E-state index contributed by atoms with van der Waals surface area (Å²) >= 11 is 6.23. The highest BCUT2D eigenvalue weighted by Gasteiger charge is 2.13. The van der Waals surface area contributed by atoms with Crippen LogP contribution in [-0.4, -0.2) is 11.5 Å². The summed E-state index contributed by atoms with van der Waals surface area (Å²) in [6.07, 6.45) is 4.38. The van der Waals surface area contributed by atoms with Crippen LogP contribution in [0.4, 0.5) is 0 Å². The molecule has 3 heteroatoms. The van der Waals surface area contributed by atoms with E-state index in [-0.39, 0.29) is 6.04 Å². The van der Waals surface area contributed by atoms with Crippen LogP contribution in [0.25, 0.3) is 0 Å². The Balaban J connectivity index is 2.20. The minimum Gasteiger partial charge on any atom is -0.310 e. The summed E-state index contributed by atoms with van der Waals surface area (Å²) in [4.78, 5) is 4.05. The van der Waals surface area contributed by atoms with Crippen molar-refractivity contribution in [1.82, 2.24) is 10.3 Å². The third-order valence-corrected chi connectivity index (χ3v) is 4.08. The first-order valence-electron chi connectivity index (χ1n) is 7.53. The molecule has 0 radical (unpaired) electrons. The van der Waals surface area contributed by atoms with Crippen LogP contribution in [-0.2, 0) is 6.42 Å². The van der Waals surface area contributed by atoms with Gasteiger partial charge in [0.05, 0.1) is 5.02 Å². The molecule has 0 aliphatic heterocycles. The third-order valence-electron chi connectivity index (χ3n) is 3.74. The van der Waals surface area contributed by atoms with Crippen LogP contribution < -0.4 is 5.32 Å². The number of nitrogens with one attached hydrogen (secondary N) is 1. The van der Waals surface area contributed by atoms with Crippen molar-refractivity contribution in [1.29, 1.82) is 0 Å². The number of hydrogen-bond acceptors (Lipinski definition) is 2. The van der Waals surface area contributed by atoms with Gasteiger partial charge < -0.3 is 5.32 Å². The van der Waals surface area contributed by atoms with Crippen LogP contribution in [0.2, 0.25) is 5.02 Å². The van der Waals surface area contributed by atoms with Crippen molar-refractivity contribution in [3.63, 3.8) is 0 Å². The molecular formula is C18H23ClN2. The van der Waals surface area contributed by atoms with Crippen molar-refractivity contribution in [3.05, 3.63) is 64.4 Å². The zero-order valence-corrected chi connectivity index (χ0v) is 13.7. The second kappa shape index (κ2) is 7.58. The van der Waals surface area contributed by atoms with E-state index in [0.717, 1.165) is 23.6 Å². The van der Waals surface area contributed by atoms with Gasteiger partial charge in [-0.15, -0.1) is 0 Å². The summed E-state index contributed by atoms with van der Waals surface area (Å²) in [6, 6.07) is 11.2. The Labute approximate surface area is 132 Å². The number of nitrogens with zero attached hydrogens (tertiary/aromatic N) is 1. The molecular weight excluding hydrogens is 280 g/mol. The van der Waals surface area contributed by atoms with Crippen LogP contribution >= 0.6 is 11.6 Å². The first-order chi connectivity index (χ1) is 10.1. The van der Waals surface area contributed by atoms with Crippen molar-refractivity contribution < 1.29 is 0 Å². The Morgan fingerprint density at radius 3 is 2.33 bits per heavy atom. The van der Waals surface area contributed by atoms with Gasteiger partial charge in [0, 0.05) is 18.4 Å². The van der Waals surface area contributed by atoms with E-state index < -0.39 is 0 Å². The Bertz CT molecular complexity index is 564. The molecule has 0 fully saturated rings. The van der Waals surface area contributed by atoms with E-state index in [2.05, 4.69) is 55.3 Å². The van der Waals surface area contributed by atoms with Gasteiger partial charge in [-0.1, -0.05) is 56.6 Å². The molecule has 1 aromatic heterocycles. The maximum atomic E-state index is 6.23. The van der Waals surface area contributed by atoms with E-state index in [4.69, 9.17) is 11.6 Å². The Morgan fingerprint density at radius 2 is 1.76 bits per heavy atom. The highest BCUT2D eigenvalue weighted by molar-refractivity contribution is 6.31. The molecule has 1 heterocycles. The van der Waals surface area contributed by atoms with E-state index in [0.29, 0.717) is 5.92 Å². The molecule has 2 rings (SSSR count). The fraction of sp³-hybridized carbons (Fsp3) is 0.389. The minimum atomic E-state index is 0.274. The van der Waals surface area contributed by atoms with Gasteiger partial charge >= 0.3 is 0 Å². The molecule has 0 bridgehead atoms. The molecule has 112 valence electrons. The molecule has 1 aromatic carbocycles.